The van der Waals surface area contributed by atoms with Crippen molar-refractivity contribution >= 4 is 22.8 Å². The molecule has 2 aliphatic heterocycles. The number of nitriles is 1. The van der Waals surface area contributed by atoms with Crippen molar-refractivity contribution in [2.24, 2.45) is 11.1 Å². The van der Waals surface area contributed by atoms with Crippen LogP contribution in [0, 0.1) is 16.7 Å². The number of benzene rings is 1. The molecular formula is C28H32N4O3S. The maximum absolute atomic E-state index is 13.7. The molecule has 1 aliphatic carbocycles. The Morgan fingerprint density at radius 3 is 2.61 bits per heavy atom. The first-order chi connectivity index (χ1) is 17.3. The lowest BCUT2D eigenvalue weighted by Crippen LogP contribution is -2.42. The van der Waals surface area contributed by atoms with E-state index in [1.54, 1.807) is 18.4 Å². The van der Waals surface area contributed by atoms with E-state index in [1.807, 2.05) is 29.2 Å². The molecule has 0 radical (unpaired) electrons. The number of nitrogens with two attached hydrogens (primary N) is 1. The monoisotopic (exact) mass is 504 g/mol. The van der Waals surface area contributed by atoms with Crippen LogP contribution in [0.3, 0.4) is 0 Å². The Kier molecular flexibility index (Phi) is 6.64. The summed E-state index contributed by atoms with van der Waals surface area (Å²) in [7, 11) is 1.62. The fraction of sp³-hybridized carbons (Fsp3) is 0.429. The zero-order chi connectivity index (χ0) is 25.4. The molecule has 8 heteroatoms. The highest BCUT2D eigenvalue weighted by Gasteiger charge is 2.45. The van der Waals surface area contributed by atoms with Crippen molar-refractivity contribution in [3.05, 3.63) is 68.8 Å². The molecule has 3 aliphatic rings. The summed E-state index contributed by atoms with van der Waals surface area (Å²) in [5.74, 6) is 0.775. The summed E-state index contributed by atoms with van der Waals surface area (Å²) in [5.41, 5.74) is 10.6. The van der Waals surface area contributed by atoms with Gasteiger partial charge in [-0.15, -0.1) is 11.3 Å². The Morgan fingerprint density at radius 2 is 1.94 bits per heavy atom. The number of rotatable bonds is 5. The summed E-state index contributed by atoms with van der Waals surface area (Å²) >= 11 is 1.61. The Balaban J connectivity index is 1.59. The molecule has 0 amide bonds. The summed E-state index contributed by atoms with van der Waals surface area (Å²) in [6.07, 6.45) is 1.14. The number of ketones is 1. The van der Waals surface area contributed by atoms with Gasteiger partial charge in [-0.25, -0.2) is 0 Å². The number of carbonyl (C=O) groups excluding carboxylic acids is 1. The van der Waals surface area contributed by atoms with E-state index in [0.717, 1.165) is 54.9 Å². The average Bonchev–Trinajstić information content (AvgIpc) is 3.31. The number of nitrogens with zero attached hydrogens (tertiary/aromatic N) is 3. The first-order valence-electron chi connectivity index (χ1n) is 12.3. The van der Waals surface area contributed by atoms with Crippen molar-refractivity contribution in [2.45, 2.75) is 39.2 Å². The van der Waals surface area contributed by atoms with Crippen LogP contribution in [0.1, 0.15) is 43.0 Å². The number of Topliss-reactive ketones (excluding diaryl/α,β-unsaturated/α-hetero) is 1. The molecule has 0 bridgehead atoms. The number of methoxy groups -OCH3 is 1. The molecular weight excluding hydrogens is 472 g/mol. The SMILES string of the molecule is COc1ccc(N2C(N)=C(C#N)[C@H](c3cc(CN4CCOCC4)cs3)C3=C2CC(C)(C)CC3=O)cc1. The van der Waals surface area contributed by atoms with Gasteiger partial charge in [-0.3, -0.25) is 14.6 Å². The third kappa shape index (κ3) is 4.55. The molecule has 5 rings (SSSR count). The van der Waals surface area contributed by atoms with Crippen molar-refractivity contribution in [1.82, 2.24) is 4.90 Å². The maximum atomic E-state index is 13.7. The molecule has 1 atom stereocenters. The molecule has 0 unspecified atom stereocenters. The van der Waals surface area contributed by atoms with Gasteiger partial charge < -0.3 is 15.2 Å². The summed E-state index contributed by atoms with van der Waals surface area (Å²) < 4.78 is 10.8. The molecule has 36 heavy (non-hydrogen) atoms. The second kappa shape index (κ2) is 9.74. The topological polar surface area (TPSA) is 91.8 Å². The average molecular weight is 505 g/mol. The first kappa shape index (κ1) is 24.6. The number of allylic oxidation sites excluding steroid dienone is 3. The van der Waals surface area contributed by atoms with Gasteiger partial charge in [0.05, 0.1) is 37.9 Å². The fourth-order valence-electron chi connectivity index (χ4n) is 5.47. The number of carbonyl (C=O) groups is 1. The Bertz CT molecular complexity index is 1260. The van der Waals surface area contributed by atoms with E-state index in [-0.39, 0.29) is 11.2 Å². The third-order valence-corrected chi connectivity index (χ3v) is 8.23. The maximum Gasteiger partial charge on any atom is 0.162 e. The van der Waals surface area contributed by atoms with Gasteiger partial charge in [0.15, 0.2) is 5.78 Å². The predicted molar refractivity (Wildman–Crippen MR) is 141 cm³/mol. The normalized spacial score (nSPS) is 22.4. The van der Waals surface area contributed by atoms with Crippen LogP contribution in [0.15, 0.2) is 58.4 Å². The van der Waals surface area contributed by atoms with Gasteiger partial charge in [-0.2, -0.15) is 5.26 Å². The lowest BCUT2D eigenvalue weighted by molar-refractivity contribution is -0.118. The molecule has 0 saturated carbocycles. The van der Waals surface area contributed by atoms with Crippen molar-refractivity contribution < 1.29 is 14.3 Å². The number of ether oxygens (including phenoxy) is 2. The van der Waals surface area contributed by atoms with E-state index in [9.17, 15) is 10.1 Å². The summed E-state index contributed by atoms with van der Waals surface area (Å²) in [4.78, 5) is 19.0. The number of morpholine rings is 1. The van der Waals surface area contributed by atoms with Crippen LogP contribution in [0.2, 0.25) is 0 Å². The van der Waals surface area contributed by atoms with E-state index in [4.69, 9.17) is 15.2 Å². The Labute approximate surface area is 216 Å². The predicted octanol–water partition coefficient (Wildman–Crippen LogP) is 4.53. The minimum Gasteiger partial charge on any atom is -0.497 e. The number of anilines is 1. The highest BCUT2D eigenvalue weighted by atomic mass is 32.1. The molecule has 1 saturated heterocycles. The highest BCUT2D eigenvalue weighted by molar-refractivity contribution is 7.10. The number of hydrogen-bond donors (Lipinski definition) is 1. The van der Waals surface area contributed by atoms with Crippen LogP contribution >= 0.6 is 11.3 Å². The zero-order valence-corrected chi connectivity index (χ0v) is 21.9. The fourth-order valence-corrected chi connectivity index (χ4v) is 6.49. The van der Waals surface area contributed by atoms with Crippen LogP contribution in [-0.2, 0) is 16.1 Å². The van der Waals surface area contributed by atoms with E-state index in [0.29, 0.717) is 29.8 Å². The minimum absolute atomic E-state index is 0.0909. The van der Waals surface area contributed by atoms with Crippen LogP contribution in [-0.4, -0.2) is 44.1 Å². The second-order valence-corrected chi connectivity index (χ2v) is 11.4. The van der Waals surface area contributed by atoms with Gasteiger partial charge in [0.1, 0.15) is 11.6 Å². The zero-order valence-electron chi connectivity index (χ0n) is 21.0. The third-order valence-electron chi connectivity index (χ3n) is 7.18. The van der Waals surface area contributed by atoms with Crippen molar-refractivity contribution in [2.75, 3.05) is 38.3 Å². The molecule has 1 fully saturated rings. The van der Waals surface area contributed by atoms with Gasteiger partial charge >= 0.3 is 0 Å². The quantitative estimate of drug-likeness (QED) is 0.640. The lowest BCUT2D eigenvalue weighted by atomic mass is 9.69. The van der Waals surface area contributed by atoms with Crippen molar-refractivity contribution in [1.29, 1.82) is 5.26 Å². The van der Waals surface area contributed by atoms with E-state index < -0.39 is 5.92 Å². The molecule has 188 valence electrons. The van der Waals surface area contributed by atoms with Crippen LogP contribution in [0.5, 0.6) is 5.75 Å². The van der Waals surface area contributed by atoms with Gasteiger partial charge in [0.2, 0.25) is 0 Å². The second-order valence-electron chi connectivity index (χ2n) is 10.4. The van der Waals surface area contributed by atoms with E-state index in [1.165, 1.54) is 5.56 Å². The Morgan fingerprint density at radius 1 is 1.22 bits per heavy atom. The summed E-state index contributed by atoms with van der Waals surface area (Å²) in [5, 5.41) is 12.4. The summed E-state index contributed by atoms with van der Waals surface area (Å²) in [6, 6.07) is 12.1. The van der Waals surface area contributed by atoms with Crippen LogP contribution in [0.4, 0.5) is 5.69 Å². The van der Waals surface area contributed by atoms with Gasteiger partial charge in [-0.05, 0) is 53.1 Å². The standard InChI is InChI=1S/C28H32N4O3S/c1-28(2)13-22-26(23(33)14-28)25(24-12-18(17-36-24)16-31-8-10-35-11-9-31)21(15-29)27(30)32(22)19-4-6-20(34-3)7-5-19/h4-7,12,17,25H,8-11,13-14,16,30H2,1-3H3/t25-/m1/s1. The Hall–Kier alpha value is -3.12. The highest BCUT2D eigenvalue weighted by Crippen LogP contribution is 2.51. The number of thiophene rings is 1. The largest absolute Gasteiger partial charge is 0.497 e. The van der Waals surface area contributed by atoms with Crippen LogP contribution in [0.25, 0.3) is 0 Å². The van der Waals surface area contributed by atoms with Gasteiger partial charge in [0.25, 0.3) is 0 Å². The molecule has 1 aromatic carbocycles. The van der Waals surface area contributed by atoms with Gasteiger partial charge in [-0.1, -0.05) is 13.8 Å². The van der Waals surface area contributed by atoms with Crippen molar-refractivity contribution in [3.63, 3.8) is 0 Å². The molecule has 1 aromatic heterocycles. The molecule has 3 heterocycles. The van der Waals surface area contributed by atoms with Crippen molar-refractivity contribution in [3.8, 4) is 11.8 Å². The first-order valence-corrected chi connectivity index (χ1v) is 13.2. The smallest absolute Gasteiger partial charge is 0.162 e. The molecule has 2 N–H and O–H groups in total. The van der Waals surface area contributed by atoms with E-state index in [2.05, 4.69) is 36.3 Å². The minimum atomic E-state index is -0.438. The molecule has 0 spiro atoms. The van der Waals surface area contributed by atoms with Gasteiger partial charge in [0, 0.05) is 47.9 Å². The summed E-state index contributed by atoms with van der Waals surface area (Å²) in [6.45, 7) is 8.37. The van der Waals surface area contributed by atoms with E-state index >= 15 is 0 Å². The molecule has 2 aromatic rings. The molecule has 7 nitrogen and oxygen atoms in total. The lowest BCUT2D eigenvalue weighted by Gasteiger charge is -2.43. The number of hydrogen-bond acceptors (Lipinski definition) is 8. The van der Waals surface area contributed by atoms with Crippen LogP contribution < -0.4 is 15.4 Å².